The van der Waals surface area contributed by atoms with Gasteiger partial charge in [-0.25, -0.2) is 4.79 Å². The first kappa shape index (κ1) is 13.2. The van der Waals surface area contributed by atoms with E-state index in [1.54, 1.807) is 0 Å². The number of nitrogens with two attached hydrogens (primary N) is 1. The molecule has 0 bridgehead atoms. The summed E-state index contributed by atoms with van der Waals surface area (Å²) in [6.45, 7) is 3.19. The van der Waals surface area contributed by atoms with Gasteiger partial charge in [-0.2, -0.15) is 0 Å². The maximum absolute atomic E-state index is 11.4. The average Bonchev–Trinajstić information content (AvgIpc) is 3.02. The van der Waals surface area contributed by atoms with Crippen LogP contribution < -0.4 is 11.1 Å². The van der Waals surface area contributed by atoms with Crippen LogP contribution in [0.25, 0.3) is 0 Å². The zero-order chi connectivity index (χ0) is 13.2. The monoisotopic (exact) mass is 268 g/mol. The smallest absolute Gasteiger partial charge is 0.350 e. The number of esters is 1. The summed E-state index contributed by atoms with van der Waals surface area (Å²) in [5.41, 5.74) is 6.78. The highest BCUT2D eigenvalue weighted by Gasteiger charge is 2.41. The number of ether oxygens (including phenoxy) is 1. The molecule has 0 amide bonds. The topological polar surface area (TPSA) is 64.3 Å². The molecule has 2 rings (SSSR count). The molecule has 5 heteroatoms. The SMILES string of the molecule is CCCC1(CNc2cc(N)c(C(=O)OC)s2)CC1. The van der Waals surface area contributed by atoms with Crippen LogP contribution in [0.3, 0.4) is 0 Å². The minimum absolute atomic E-state index is 0.361. The van der Waals surface area contributed by atoms with Crippen LogP contribution in [0.1, 0.15) is 42.3 Å². The molecule has 0 aliphatic heterocycles. The molecule has 1 saturated carbocycles. The largest absolute Gasteiger partial charge is 0.465 e. The lowest BCUT2D eigenvalue weighted by Gasteiger charge is -2.14. The molecule has 1 heterocycles. The van der Waals surface area contributed by atoms with Crippen molar-refractivity contribution in [2.75, 3.05) is 24.7 Å². The van der Waals surface area contributed by atoms with Gasteiger partial charge in [0.1, 0.15) is 4.88 Å². The molecule has 0 atom stereocenters. The fourth-order valence-electron chi connectivity index (χ4n) is 2.24. The third-order valence-electron chi connectivity index (χ3n) is 3.51. The number of hydrogen-bond donors (Lipinski definition) is 2. The Labute approximate surface area is 112 Å². The van der Waals surface area contributed by atoms with Gasteiger partial charge in [-0.15, -0.1) is 11.3 Å². The predicted octanol–water partition coefficient (Wildman–Crippen LogP) is 3.11. The Balaban J connectivity index is 1.96. The Kier molecular flexibility index (Phi) is 3.80. The first-order valence-electron chi connectivity index (χ1n) is 6.32. The molecule has 4 nitrogen and oxygen atoms in total. The molecule has 0 spiro atoms. The van der Waals surface area contributed by atoms with Crippen molar-refractivity contribution < 1.29 is 9.53 Å². The van der Waals surface area contributed by atoms with E-state index in [2.05, 4.69) is 12.2 Å². The van der Waals surface area contributed by atoms with E-state index in [1.807, 2.05) is 6.07 Å². The quantitative estimate of drug-likeness (QED) is 0.778. The summed E-state index contributed by atoms with van der Waals surface area (Å²) in [6.07, 6.45) is 5.10. The van der Waals surface area contributed by atoms with Crippen molar-refractivity contribution >= 4 is 28.0 Å². The molecule has 0 radical (unpaired) electrons. The van der Waals surface area contributed by atoms with Crippen LogP contribution in [0, 0.1) is 5.41 Å². The van der Waals surface area contributed by atoms with Crippen molar-refractivity contribution in [3.63, 3.8) is 0 Å². The van der Waals surface area contributed by atoms with Gasteiger partial charge in [-0.3, -0.25) is 0 Å². The summed E-state index contributed by atoms with van der Waals surface area (Å²) in [5.74, 6) is -0.361. The Hall–Kier alpha value is -1.23. The van der Waals surface area contributed by atoms with Crippen molar-refractivity contribution in [2.24, 2.45) is 5.41 Å². The molecular weight excluding hydrogens is 248 g/mol. The van der Waals surface area contributed by atoms with Crippen LogP contribution in [0.15, 0.2) is 6.07 Å². The molecule has 3 N–H and O–H groups in total. The van der Waals surface area contributed by atoms with Crippen molar-refractivity contribution in [3.05, 3.63) is 10.9 Å². The minimum atomic E-state index is -0.361. The molecule has 1 aromatic heterocycles. The van der Waals surface area contributed by atoms with Crippen molar-refractivity contribution in [2.45, 2.75) is 32.6 Å². The van der Waals surface area contributed by atoms with E-state index in [4.69, 9.17) is 10.5 Å². The minimum Gasteiger partial charge on any atom is -0.465 e. The van der Waals surface area contributed by atoms with E-state index in [1.165, 1.54) is 44.1 Å². The fraction of sp³-hybridized carbons (Fsp3) is 0.615. The Bertz CT molecular complexity index is 438. The maximum atomic E-state index is 11.4. The summed E-state index contributed by atoms with van der Waals surface area (Å²) in [7, 11) is 1.37. The second-order valence-electron chi connectivity index (χ2n) is 4.99. The summed E-state index contributed by atoms with van der Waals surface area (Å²) in [6, 6.07) is 1.82. The van der Waals surface area contributed by atoms with Crippen LogP contribution in [0.5, 0.6) is 0 Å². The Morgan fingerprint density at radius 2 is 2.33 bits per heavy atom. The predicted molar refractivity (Wildman–Crippen MR) is 75.1 cm³/mol. The summed E-state index contributed by atoms with van der Waals surface area (Å²) in [5, 5.41) is 4.36. The highest BCUT2D eigenvalue weighted by Crippen LogP contribution is 2.49. The van der Waals surface area contributed by atoms with Gasteiger partial charge in [0.15, 0.2) is 0 Å². The maximum Gasteiger partial charge on any atom is 0.350 e. The second kappa shape index (κ2) is 5.18. The number of nitrogens with one attached hydrogen (secondary N) is 1. The Morgan fingerprint density at radius 1 is 1.61 bits per heavy atom. The lowest BCUT2D eigenvalue weighted by Crippen LogP contribution is -2.14. The standard InChI is InChI=1S/C13H20N2O2S/c1-3-4-13(5-6-13)8-15-10-7-9(14)11(18-10)12(16)17-2/h7,15H,3-6,8,14H2,1-2H3. The van der Waals surface area contributed by atoms with Crippen LogP contribution in [0.4, 0.5) is 10.7 Å². The average molecular weight is 268 g/mol. The molecule has 1 aromatic rings. The van der Waals surface area contributed by atoms with Crippen molar-refractivity contribution in [1.29, 1.82) is 0 Å². The normalized spacial score (nSPS) is 16.3. The molecule has 1 aliphatic rings. The number of thiophene rings is 1. The van der Waals surface area contributed by atoms with Gasteiger partial charge in [-0.1, -0.05) is 13.3 Å². The first-order chi connectivity index (χ1) is 8.60. The van der Waals surface area contributed by atoms with Gasteiger partial charge >= 0.3 is 5.97 Å². The number of methoxy groups -OCH3 is 1. The molecule has 100 valence electrons. The highest BCUT2D eigenvalue weighted by molar-refractivity contribution is 7.18. The van der Waals surface area contributed by atoms with E-state index >= 15 is 0 Å². The fourth-order valence-corrected chi connectivity index (χ4v) is 3.13. The molecule has 1 fully saturated rings. The van der Waals surface area contributed by atoms with Gasteiger partial charge in [0.25, 0.3) is 0 Å². The first-order valence-corrected chi connectivity index (χ1v) is 7.13. The van der Waals surface area contributed by atoms with Gasteiger partial charge < -0.3 is 15.8 Å². The number of rotatable bonds is 6. The Morgan fingerprint density at radius 3 is 2.89 bits per heavy atom. The number of nitrogen functional groups attached to an aromatic ring is 1. The molecule has 0 aromatic carbocycles. The number of anilines is 2. The molecule has 0 saturated heterocycles. The van der Waals surface area contributed by atoms with E-state index in [9.17, 15) is 4.79 Å². The van der Waals surface area contributed by atoms with Gasteiger partial charge in [0.05, 0.1) is 17.8 Å². The molecular formula is C13H20N2O2S. The van der Waals surface area contributed by atoms with Crippen molar-refractivity contribution in [3.8, 4) is 0 Å². The summed E-state index contributed by atoms with van der Waals surface area (Å²) >= 11 is 1.37. The molecule has 18 heavy (non-hydrogen) atoms. The second-order valence-corrected chi connectivity index (χ2v) is 6.04. The number of hydrogen-bond acceptors (Lipinski definition) is 5. The van der Waals surface area contributed by atoms with Crippen LogP contribution >= 0.6 is 11.3 Å². The number of carbonyl (C=O) groups excluding carboxylic acids is 1. The van der Waals surface area contributed by atoms with Gasteiger partial charge in [0.2, 0.25) is 0 Å². The van der Waals surface area contributed by atoms with E-state index in [0.717, 1.165) is 11.5 Å². The van der Waals surface area contributed by atoms with E-state index < -0.39 is 0 Å². The summed E-state index contributed by atoms with van der Waals surface area (Å²) < 4.78 is 4.69. The zero-order valence-corrected chi connectivity index (χ0v) is 11.7. The zero-order valence-electron chi connectivity index (χ0n) is 10.9. The molecule has 0 unspecified atom stereocenters. The third-order valence-corrected chi connectivity index (χ3v) is 4.60. The van der Waals surface area contributed by atoms with Crippen LogP contribution in [0.2, 0.25) is 0 Å². The van der Waals surface area contributed by atoms with Crippen LogP contribution in [-0.2, 0) is 4.74 Å². The van der Waals surface area contributed by atoms with Gasteiger partial charge in [-0.05, 0) is 30.7 Å². The lowest BCUT2D eigenvalue weighted by molar-refractivity contribution is 0.0607. The molecule has 1 aliphatic carbocycles. The highest BCUT2D eigenvalue weighted by atomic mass is 32.1. The van der Waals surface area contributed by atoms with Crippen LogP contribution in [-0.4, -0.2) is 19.6 Å². The van der Waals surface area contributed by atoms with Gasteiger partial charge in [0, 0.05) is 6.54 Å². The van der Waals surface area contributed by atoms with Crippen molar-refractivity contribution in [1.82, 2.24) is 0 Å². The van der Waals surface area contributed by atoms with E-state index in [-0.39, 0.29) is 5.97 Å². The lowest BCUT2D eigenvalue weighted by atomic mass is 10.0. The number of carbonyl (C=O) groups is 1. The van der Waals surface area contributed by atoms with E-state index in [0.29, 0.717) is 16.0 Å². The summed E-state index contributed by atoms with van der Waals surface area (Å²) in [4.78, 5) is 11.9. The third kappa shape index (κ3) is 2.77.